The number of unbranched alkanes of at least 4 members (excludes halogenated alkanes) is 1. The van der Waals surface area contributed by atoms with Crippen molar-refractivity contribution in [3.63, 3.8) is 0 Å². The zero-order valence-corrected chi connectivity index (χ0v) is 17.1. The number of piperidine rings is 1. The summed E-state index contributed by atoms with van der Waals surface area (Å²) < 4.78 is 5.32. The van der Waals surface area contributed by atoms with Gasteiger partial charge in [0.25, 0.3) is 0 Å². The Morgan fingerprint density at radius 2 is 1.83 bits per heavy atom. The molecule has 0 radical (unpaired) electrons. The second kappa shape index (κ2) is 12.1. The Balaban J connectivity index is 1.98. The van der Waals surface area contributed by atoms with Crippen LogP contribution in [0.25, 0.3) is 0 Å². The fourth-order valence-corrected chi connectivity index (χ4v) is 3.42. The Bertz CT molecular complexity index is 701. The number of hydrogen-bond donors (Lipinski definition) is 4. The topological polar surface area (TPSA) is 142 Å². The van der Waals surface area contributed by atoms with Crippen molar-refractivity contribution >= 4 is 17.8 Å². The highest BCUT2D eigenvalue weighted by Gasteiger charge is 2.30. The first kappa shape index (κ1) is 23.6. The molecule has 0 spiro atoms. The van der Waals surface area contributed by atoms with Gasteiger partial charge < -0.3 is 30.9 Å². The molecule has 166 valence electrons. The quantitative estimate of drug-likeness (QED) is 0.384. The number of nitrogens with zero attached hydrogens (tertiary/aromatic N) is 1. The summed E-state index contributed by atoms with van der Waals surface area (Å²) in [5.41, 5.74) is 6.30. The number of phenolic OH excluding ortho intramolecular Hbond substituents is 1. The van der Waals surface area contributed by atoms with Gasteiger partial charge in [-0.1, -0.05) is 12.1 Å². The van der Waals surface area contributed by atoms with E-state index in [-0.39, 0.29) is 30.3 Å². The Morgan fingerprint density at radius 3 is 2.43 bits per heavy atom. The van der Waals surface area contributed by atoms with Gasteiger partial charge in [-0.15, -0.1) is 0 Å². The molecule has 2 amide bonds. The molecular weight excluding hydrogens is 390 g/mol. The number of likely N-dealkylation sites (tertiary alicyclic amines) is 1. The number of phenols is 1. The average molecular weight is 421 g/mol. The summed E-state index contributed by atoms with van der Waals surface area (Å²) in [5, 5.41) is 21.0. The highest BCUT2D eigenvalue weighted by atomic mass is 16.5. The molecule has 1 atom stereocenters. The monoisotopic (exact) mass is 421 g/mol. The van der Waals surface area contributed by atoms with Crippen molar-refractivity contribution in [1.29, 1.82) is 0 Å². The molecule has 5 N–H and O–H groups in total. The maximum Gasteiger partial charge on any atom is 0.329 e. The summed E-state index contributed by atoms with van der Waals surface area (Å²) in [6, 6.07) is 5.83. The highest BCUT2D eigenvalue weighted by molar-refractivity contribution is 5.88. The van der Waals surface area contributed by atoms with Crippen LogP contribution < -0.4 is 11.1 Å². The van der Waals surface area contributed by atoms with Gasteiger partial charge in [0.15, 0.2) is 0 Å². The van der Waals surface area contributed by atoms with Crippen molar-refractivity contribution in [2.24, 2.45) is 5.73 Å². The summed E-state index contributed by atoms with van der Waals surface area (Å²) in [7, 11) is 0. The van der Waals surface area contributed by atoms with Crippen molar-refractivity contribution in [3.8, 4) is 5.75 Å². The van der Waals surface area contributed by atoms with Crippen LogP contribution in [0.3, 0.4) is 0 Å². The van der Waals surface area contributed by atoms with Gasteiger partial charge in [-0.05, 0) is 49.9 Å². The van der Waals surface area contributed by atoms with E-state index in [4.69, 9.17) is 15.6 Å². The Hall–Kier alpha value is -2.65. The molecule has 1 aliphatic rings. The predicted octanol–water partition coefficient (Wildman–Crippen LogP) is 0.641. The number of rotatable bonds is 11. The lowest BCUT2D eigenvalue weighted by atomic mass is 10.0. The summed E-state index contributed by atoms with van der Waals surface area (Å²) >= 11 is 0. The van der Waals surface area contributed by atoms with Gasteiger partial charge in [0.05, 0.1) is 6.10 Å². The molecule has 0 bridgehead atoms. The van der Waals surface area contributed by atoms with Crippen molar-refractivity contribution in [2.75, 3.05) is 26.2 Å². The van der Waals surface area contributed by atoms with E-state index in [0.29, 0.717) is 51.7 Å². The molecule has 9 nitrogen and oxygen atoms in total. The summed E-state index contributed by atoms with van der Waals surface area (Å²) in [4.78, 5) is 37.8. The van der Waals surface area contributed by atoms with Crippen LogP contribution in [0.1, 0.15) is 37.7 Å². The maximum atomic E-state index is 13.1. The maximum absolute atomic E-state index is 13.1. The molecule has 1 fully saturated rings. The van der Waals surface area contributed by atoms with Crippen LogP contribution in [0.5, 0.6) is 5.75 Å². The van der Waals surface area contributed by atoms with Crippen LogP contribution >= 0.6 is 0 Å². The number of hydrogen-bond acceptors (Lipinski definition) is 6. The van der Waals surface area contributed by atoms with Crippen molar-refractivity contribution in [3.05, 3.63) is 29.8 Å². The summed E-state index contributed by atoms with van der Waals surface area (Å²) in [5.74, 6) is -1.25. The molecule has 1 saturated heterocycles. The molecule has 1 aliphatic heterocycles. The Morgan fingerprint density at radius 1 is 1.17 bits per heavy atom. The Labute approximate surface area is 176 Å². The van der Waals surface area contributed by atoms with Gasteiger partial charge in [-0.25, -0.2) is 4.79 Å². The minimum atomic E-state index is -1.01. The van der Waals surface area contributed by atoms with Crippen LogP contribution in [-0.4, -0.2) is 71.3 Å². The van der Waals surface area contributed by atoms with Crippen LogP contribution in [-0.2, 0) is 25.5 Å². The highest BCUT2D eigenvalue weighted by Crippen LogP contribution is 2.17. The van der Waals surface area contributed by atoms with Gasteiger partial charge in [0.1, 0.15) is 18.4 Å². The summed E-state index contributed by atoms with van der Waals surface area (Å²) in [6.45, 7) is 1.06. The number of benzene rings is 1. The molecular formula is C21H31N3O6. The predicted molar refractivity (Wildman–Crippen MR) is 110 cm³/mol. The van der Waals surface area contributed by atoms with Crippen LogP contribution in [0.15, 0.2) is 24.3 Å². The van der Waals surface area contributed by atoms with Gasteiger partial charge in [0.2, 0.25) is 11.8 Å². The average Bonchev–Trinajstić information content (AvgIpc) is 2.73. The van der Waals surface area contributed by atoms with E-state index >= 15 is 0 Å². The number of carbonyl (C=O) groups is 3. The number of carboxylic acids is 1. The number of aliphatic carboxylic acids is 1. The molecule has 30 heavy (non-hydrogen) atoms. The number of amides is 2. The largest absolute Gasteiger partial charge is 0.508 e. The van der Waals surface area contributed by atoms with E-state index in [0.717, 1.165) is 12.0 Å². The SMILES string of the molecule is NCCCCC(=O)N[C@@H](Cc1ccc(O)cc1)C(=O)N1CCC(OCC(=O)O)CC1. The van der Waals surface area contributed by atoms with Crippen molar-refractivity contribution < 1.29 is 29.3 Å². The lowest BCUT2D eigenvalue weighted by Gasteiger charge is -2.34. The van der Waals surface area contributed by atoms with Gasteiger partial charge in [-0.3, -0.25) is 9.59 Å². The standard InChI is InChI=1S/C21H31N3O6/c22-10-2-1-3-19(26)23-18(13-15-4-6-16(25)7-5-15)21(29)24-11-8-17(9-12-24)30-14-20(27)28/h4-7,17-18,25H,1-3,8-14,22H2,(H,23,26)(H,27,28)/t18-/m0/s1. The first-order chi connectivity index (χ1) is 14.4. The number of carbonyl (C=O) groups excluding carboxylic acids is 2. The molecule has 2 rings (SSSR count). The number of carboxylic acid groups (broad SMARTS) is 1. The van der Waals surface area contributed by atoms with Crippen LogP contribution in [0, 0.1) is 0 Å². The number of aromatic hydroxyl groups is 1. The van der Waals surface area contributed by atoms with E-state index in [9.17, 15) is 19.5 Å². The van der Waals surface area contributed by atoms with Gasteiger partial charge in [-0.2, -0.15) is 0 Å². The lowest BCUT2D eigenvalue weighted by Crippen LogP contribution is -2.52. The van der Waals surface area contributed by atoms with E-state index < -0.39 is 12.0 Å². The minimum absolute atomic E-state index is 0.135. The Kier molecular flexibility index (Phi) is 9.56. The zero-order valence-electron chi connectivity index (χ0n) is 17.1. The molecule has 1 aromatic rings. The lowest BCUT2D eigenvalue weighted by molar-refractivity contribution is -0.147. The number of nitrogens with one attached hydrogen (secondary N) is 1. The van der Waals surface area contributed by atoms with Crippen molar-refractivity contribution in [2.45, 2.75) is 50.7 Å². The molecule has 1 aromatic carbocycles. The third-order valence-electron chi connectivity index (χ3n) is 5.06. The van der Waals surface area contributed by atoms with Gasteiger partial charge in [0, 0.05) is 25.9 Å². The molecule has 0 saturated carbocycles. The first-order valence-corrected chi connectivity index (χ1v) is 10.3. The zero-order chi connectivity index (χ0) is 21.9. The van der Waals surface area contributed by atoms with E-state index in [2.05, 4.69) is 5.32 Å². The fraction of sp³-hybridized carbons (Fsp3) is 0.571. The van der Waals surface area contributed by atoms with Crippen molar-refractivity contribution in [1.82, 2.24) is 10.2 Å². The summed E-state index contributed by atoms with van der Waals surface area (Å²) in [6.07, 6.45) is 2.94. The van der Waals surface area contributed by atoms with Crippen LogP contribution in [0.4, 0.5) is 0 Å². The molecule has 0 aliphatic carbocycles. The van der Waals surface area contributed by atoms with E-state index in [1.54, 1.807) is 29.2 Å². The minimum Gasteiger partial charge on any atom is -0.508 e. The second-order valence-electron chi connectivity index (χ2n) is 7.47. The molecule has 0 aromatic heterocycles. The van der Waals surface area contributed by atoms with E-state index in [1.807, 2.05) is 0 Å². The third kappa shape index (κ3) is 8.00. The normalized spacial score (nSPS) is 15.6. The third-order valence-corrected chi connectivity index (χ3v) is 5.06. The molecule has 1 heterocycles. The first-order valence-electron chi connectivity index (χ1n) is 10.3. The van der Waals surface area contributed by atoms with Gasteiger partial charge >= 0.3 is 5.97 Å². The van der Waals surface area contributed by atoms with Crippen LogP contribution in [0.2, 0.25) is 0 Å². The molecule has 0 unspecified atom stereocenters. The van der Waals surface area contributed by atoms with E-state index in [1.165, 1.54) is 0 Å². The fourth-order valence-electron chi connectivity index (χ4n) is 3.42. The smallest absolute Gasteiger partial charge is 0.329 e. The second-order valence-corrected chi connectivity index (χ2v) is 7.47. The number of nitrogens with two attached hydrogens (primary N) is 1. The number of ether oxygens (including phenoxy) is 1. The molecule has 9 heteroatoms.